The van der Waals surface area contributed by atoms with E-state index in [0.717, 1.165) is 26.5 Å². The van der Waals surface area contributed by atoms with Gasteiger partial charge in [0.2, 0.25) is 0 Å². The molecular formula is C30H26F3N5O4. The van der Waals surface area contributed by atoms with Crippen LogP contribution in [0, 0.1) is 11.3 Å². The molecule has 0 aliphatic carbocycles. The SMILES string of the molecule is COC(=O)C1=C(C(=O)OC)N(c2ccc(-c3cc(C(F)(F)F)cnc3N(C)C)cc2)C(N)=C(C#N)C1c1ccccc1. The first-order chi connectivity index (χ1) is 19.9. The van der Waals surface area contributed by atoms with Gasteiger partial charge in [0, 0.05) is 31.5 Å². The summed E-state index contributed by atoms with van der Waals surface area (Å²) in [4.78, 5) is 33.2. The van der Waals surface area contributed by atoms with E-state index in [2.05, 4.69) is 11.1 Å². The number of alkyl halides is 3. The molecule has 1 unspecified atom stereocenters. The van der Waals surface area contributed by atoms with Crippen LogP contribution < -0.4 is 15.5 Å². The van der Waals surface area contributed by atoms with Gasteiger partial charge in [0.05, 0.1) is 42.9 Å². The van der Waals surface area contributed by atoms with E-state index < -0.39 is 29.6 Å². The number of carbonyl (C=O) groups excluding carboxylic acids is 2. The highest BCUT2D eigenvalue weighted by molar-refractivity contribution is 6.06. The van der Waals surface area contributed by atoms with Crippen molar-refractivity contribution in [2.75, 3.05) is 38.1 Å². The van der Waals surface area contributed by atoms with E-state index in [1.54, 1.807) is 49.3 Å². The predicted molar refractivity (Wildman–Crippen MR) is 149 cm³/mol. The highest BCUT2D eigenvalue weighted by Gasteiger charge is 2.43. The predicted octanol–water partition coefficient (Wildman–Crippen LogP) is 4.73. The summed E-state index contributed by atoms with van der Waals surface area (Å²) in [5.74, 6) is -2.67. The van der Waals surface area contributed by atoms with Gasteiger partial charge in [-0.05, 0) is 29.3 Å². The van der Waals surface area contributed by atoms with Crippen LogP contribution in [0.3, 0.4) is 0 Å². The molecule has 1 aromatic heterocycles. The number of rotatable bonds is 6. The molecule has 216 valence electrons. The van der Waals surface area contributed by atoms with Crippen LogP contribution in [0.25, 0.3) is 11.1 Å². The lowest BCUT2D eigenvalue weighted by molar-refractivity contribution is -0.139. The van der Waals surface area contributed by atoms with Gasteiger partial charge < -0.3 is 20.1 Å². The van der Waals surface area contributed by atoms with Crippen molar-refractivity contribution in [2.24, 2.45) is 5.73 Å². The number of aromatic nitrogens is 1. The maximum atomic E-state index is 13.5. The normalized spacial score (nSPS) is 15.3. The van der Waals surface area contributed by atoms with Crippen molar-refractivity contribution in [1.29, 1.82) is 5.26 Å². The fourth-order valence-corrected chi connectivity index (χ4v) is 4.75. The number of anilines is 2. The molecule has 0 saturated heterocycles. The molecule has 3 aromatic rings. The summed E-state index contributed by atoms with van der Waals surface area (Å²) in [6.07, 6.45) is -3.84. The van der Waals surface area contributed by atoms with Gasteiger partial charge in [0.15, 0.2) is 0 Å². The van der Waals surface area contributed by atoms with Crippen LogP contribution in [0.2, 0.25) is 0 Å². The van der Waals surface area contributed by atoms with E-state index in [1.807, 2.05) is 0 Å². The number of hydrogen-bond donors (Lipinski definition) is 1. The molecule has 9 nitrogen and oxygen atoms in total. The minimum atomic E-state index is -4.60. The van der Waals surface area contributed by atoms with E-state index in [-0.39, 0.29) is 33.9 Å². The molecule has 1 aliphatic rings. The maximum absolute atomic E-state index is 13.5. The Balaban J connectivity index is 1.94. The second-order valence-corrected chi connectivity index (χ2v) is 9.37. The van der Waals surface area contributed by atoms with Crippen LogP contribution in [0.4, 0.5) is 24.7 Å². The van der Waals surface area contributed by atoms with Crippen molar-refractivity contribution in [1.82, 2.24) is 4.98 Å². The first-order valence-electron chi connectivity index (χ1n) is 12.4. The quantitative estimate of drug-likeness (QED) is 0.415. The third kappa shape index (κ3) is 5.36. The molecule has 2 aromatic carbocycles. The fraction of sp³-hybridized carbons (Fsp3) is 0.200. The molecule has 0 radical (unpaired) electrons. The minimum Gasteiger partial charge on any atom is -0.466 e. The number of nitrogens with two attached hydrogens (primary N) is 1. The van der Waals surface area contributed by atoms with Crippen LogP contribution in [0.15, 0.2) is 89.5 Å². The molecule has 0 amide bonds. The number of carbonyl (C=O) groups is 2. The molecule has 1 atom stereocenters. The standard InChI is InChI=1S/C30H26F3N5O4/c1-37(2)27-21(14-19(16-36-27)30(31,32)33)17-10-12-20(13-11-17)38-25(29(40)42-4)24(28(39)41-3)23(22(15-34)26(38)35)18-8-6-5-7-9-18/h5-14,16,23H,35H2,1-4H3. The molecule has 2 N–H and O–H groups in total. The van der Waals surface area contributed by atoms with E-state index in [0.29, 0.717) is 16.9 Å². The molecular weight excluding hydrogens is 551 g/mol. The highest BCUT2D eigenvalue weighted by atomic mass is 19.4. The number of halogens is 3. The Labute approximate surface area is 239 Å². The van der Waals surface area contributed by atoms with Crippen molar-refractivity contribution < 1.29 is 32.2 Å². The molecule has 0 bridgehead atoms. The summed E-state index contributed by atoms with van der Waals surface area (Å²) < 4.78 is 50.5. The summed E-state index contributed by atoms with van der Waals surface area (Å²) in [5.41, 5.74) is 6.50. The number of allylic oxidation sites excluding steroid dienone is 1. The van der Waals surface area contributed by atoms with E-state index in [9.17, 15) is 28.0 Å². The number of ether oxygens (including phenoxy) is 2. The van der Waals surface area contributed by atoms with Crippen LogP contribution in [-0.4, -0.2) is 45.2 Å². The summed E-state index contributed by atoms with van der Waals surface area (Å²) in [5, 5.41) is 10.2. The molecule has 2 heterocycles. The zero-order valence-corrected chi connectivity index (χ0v) is 23.1. The Morgan fingerprint density at radius 1 is 1.02 bits per heavy atom. The van der Waals surface area contributed by atoms with Gasteiger partial charge in [0.25, 0.3) is 0 Å². The molecule has 4 rings (SSSR count). The maximum Gasteiger partial charge on any atom is 0.417 e. The lowest BCUT2D eigenvalue weighted by Crippen LogP contribution is -2.40. The second-order valence-electron chi connectivity index (χ2n) is 9.37. The summed E-state index contributed by atoms with van der Waals surface area (Å²) in [7, 11) is 5.58. The van der Waals surface area contributed by atoms with Crippen molar-refractivity contribution in [3.63, 3.8) is 0 Å². The highest BCUT2D eigenvalue weighted by Crippen LogP contribution is 2.44. The number of nitriles is 1. The van der Waals surface area contributed by atoms with Gasteiger partial charge in [-0.2, -0.15) is 18.4 Å². The topological polar surface area (TPSA) is 122 Å². The largest absolute Gasteiger partial charge is 0.466 e. The number of pyridine rings is 1. The average molecular weight is 578 g/mol. The number of benzene rings is 2. The second kappa shape index (κ2) is 11.7. The van der Waals surface area contributed by atoms with E-state index in [4.69, 9.17) is 15.2 Å². The first-order valence-corrected chi connectivity index (χ1v) is 12.4. The number of esters is 2. The number of nitrogens with zero attached hydrogens (tertiary/aromatic N) is 4. The van der Waals surface area contributed by atoms with Gasteiger partial charge >= 0.3 is 18.1 Å². The van der Waals surface area contributed by atoms with Gasteiger partial charge in [-0.15, -0.1) is 0 Å². The fourth-order valence-electron chi connectivity index (χ4n) is 4.75. The average Bonchev–Trinajstić information content (AvgIpc) is 2.99. The van der Waals surface area contributed by atoms with Crippen molar-refractivity contribution in [2.45, 2.75) is 12.1 Å². The molecule has 0 saturated carbocycles. The van der Waals surface area contributed by atoms with Crippen LogP contribution in [0.5, 0.6) is 0 Å². The Morgan fingerprint density at radius 2 is 1.64 bits per heavy atom. The third-order valence-corrected chi connectivity index (χ3v) is 6.66. The first kappa shape index (κ1) is 29.7. The van der Waals surface area contributed by atoms with Crippen LogP contribution in [0.1, 0.15) is 17.0 Å². The summed E-state index contributed by atoms with van der Waals surface area (Å²) in [6.45, 7) is 0. The monoisotopic (exact) mass is 577 g/mol. The minimum absolute atomic E-state index is 0.0182. The zero-order valence-electron chi connectivity index (χ0n) is 23.1. The Bertz CT molecular complexity index is 1630. The van der Waals surface area contributed by atoms with E-state index >= 15 is 0 Å². The summed E-state index contributed by atoms with van der Waals surface area (Å²) in [6, 6.07) is 17.6. The zero-order chi connectivity index (χ0) is 30.8. The van der Waals surface area contributed by atoms with Gasteiger partial charge in [-0.25, -0.2) is 14.6 Å². The number of hydrogen-bond acceptors (Lipinski definition) is 9. The Morgan fingerprint density at radius 3 is 2.17 bits per heavy atom. The van der Waals surface area contributed by atoms with Gasteiger partial charge in [-0.1, -0.05) is 42.5 Å². The van der Waals surface area contributed by atoms with Gasteiger partial charge in [-0.3, -0.25) is 4.90 Å². The van der Waals surface area contributed by atoms with Crippen molar-refractivity contribution >= 4 is 23.4 Å². The summed E-state index contributed by atoms with van der Waals surface area (Å²) >= 11 is 0. The van der Waals surface area contributed by atoms with Crippen molar-refractivity contribution in [3.8, 4) is 17.2 Å². The third-order valence-electron chi connectivity index (χ3n) is 6.66. The van der Waals surface area contributed by atoms with Crippen LogP contribution >= 0.6 is 0 Å². The lowest BCUT2D eigenvalue weighted by Gasteiger charge is -2.36. The number of methoxy groups -OCH3 is 2. The molecule has 0 spiro atoms. The van der Waals surface area contributed by atoms with Gasteiger partial charge in [0.1, 0.15) is 17.3 Å². The van der Waals surface area contributed by atoms with Crippen LogP contribution in [-0.2, 0) is 25.2 Å². The van der Waals surface area contributed by atoms with E-state index in [1.165, 1.54) is 29.2 Å². The molecule has 0 fully saturated rings. The molecule has 12 heteroatoms. The smallest absolute Gasteiger partial charge is 0.417 e. The Kier molecular flexibility index (Phi) is 8.24. The van der Waals surface area contributed by atoms with Crippen molar-refractivity contribution in [3.05, 3.63) is 101 Å². The molecule has 42 heavy (non-hydrogen) atoms. The Hall–Kier alpha value is -5.31. The molecule has 1 aliphatic heterocycles. The lowest BCUT2D eigenvalue weighted by atomic mass is 9.81.